The second-order valence-electron chi connectivity index (χ2n) is 4.21. The first-order valence-corrected chi connectivity index (χ1v) is 6.00. The van der Waals surface area contributed by atoms with Gasteiger partial charge in [-0.2, -0.15) is 5.26 Å². The molecular weight excluding hydrogens is 226 g/mol. The zero-order valence-electron chi connectivity index (χ0n) is 10.2. The van der Waals surface area contributed by atoms with Gasteiger partial charge < -0.3 is 10.3 Å². The third-order valence-corrected chi connectivity index (χ3v) is 2.94. The average molecular weight is 241 g/mol. The molecule has 18 heavy (non-hydrogen) atoms. The van der Waals surface area contributed by atoms with Gasteiger partial charge in [-0.3, -0.25) is 4.79 Å². The zero-order chi connectivity index (χ0) is 13.0. The molecule has 0 fully saturated rings. The lowest BCUT2D eigenvalue weighted by molar-refractivity contribution is 0.0932. The number of hydrogen-bond donors (Lipinski definition) is 2. The van der Waals surface area contributed by atoms with Crippen LogP contribution in [0.15, 0.2) is 30.3 Å². The number of benzene rings is 1. The Balaban J connectivity index is 2.16. The molecule has 0 aliphatic rings. The van der Waals surface area contributed by atoms with Gasteiger partial charge in [-0.15, -0.1) is 0 Å². The molecule has 1 aromatic carbocycles. The summed E-state index contributed by atoms with van der Waals surface area (Å²) >= 11 is 0. The Bertz CT molecular complexity index is 561. The van der Waals surface area contributed by atoms with Gasteiger partial charge in [0.05, 0.1) is 12.5 Å². The van der Waals surface area contributed by atoms with E-state index in [0.29, 0.717) is 12.1 Å². The Labute approximate surface area is 106 Å². The smallest absolute Gasteiger partial charge is 0.267 e. The predicted molar refractivity (Wildman–Crippen MR) is 70.1 cm³/mol. The van der Waals surface area contributed by atoms with Gasteiger partial charge in [0.2, 0.25) is 0 Å². The molecule has 4 heteroatoms. The molecule has 92 valence electrons. The summed E-state index contributed by atoms with van der Waals surface area (Å²) in [5.74, 6) is -0.159. The van der Waals surface area contributed by atoms with Crippen LogP contribution in [0.5, 0.6) is 0 Å². The molecule has 1 aromatic heterocycles. The van der Waals surface area contributed by atoms with Gasteiger partial charge in [-0.05, 0) is 18.6 Å². The predicted octanol–water partition coefficient (Wildman–Crippen LogP) is 2.59. The minimum atomic E-state index is -0.159. The Morgan fingerprint density at radius 3 is 2.94 bits per heavy atom. The van der Waals surface area contributed by atoms with Crippen LogP contribution in [0.4, 0.5) is 0 Å². The van der Waals surface area contributed by atoms with Crippen molar-refractivity contribution in [1.29, 1.82) is 5.26 Å². The van der Waals surface area contributed by atoms with E-state index in [4.69, 9.17) is 5.26 Å². The van der Waals surface area contributed by atoms with Crippen LogP contribution < -0.4 is 5.32 Å². The molecule has 1 atom stereocenters. The fourth-order valence-corrected chi connectivity index (χ4v) is 1.87. The van der Waals surface area contributed by atoms with Crippen molar-refractivity contribution in [1.82, 2.24) is 10.3 Å². The summed E-state index contributed by atoms with van der Waals surface area (Å²) in [5.41, 5.74) is 1.48. The number of fused-ring (bicyclic) bond motifs is 1. The Kier molecular flexibility index (Phi) is 3.63. The molecule has 2 N–H and O–H groups in total. The highest BCUT2D eigenvalue weighted by atomic mass is 16.1. The maximum absolute atomic E-state index is 12.0. The summed E-state index contributed by atoms with van der Waals surface area (Å²) in [6, 6.07) is 11.5. The van der Waals surface area contributed by atoms with Crippen molar-refractivity contribution < 1.29 is 4.79 Å². The first kappa shape index (κ1) is 12.2. The van der Waals surface area contributed by atoms with Crippen LogP contribution in [0.2, 0.25) is 0 Å². The average Bonchev–Trinajstić information content (AvgIpc) is 2.82. The molecule has 0 spiro atoms. The molecule has 0 bridgehead atoms. The number of H-pyrrole nitrogens is 1. The van der Waals surface area contributed by atoms with E-state index in [-0.39, 0.29) is 11.9 Å². The number of aromatic nitrogens is 1. The summed E-state index contributed by atoms with van der Waals surface area (Å²) in [6.45, 7) is 1.95. The van der Waals surface area contributed by atoms with Crippen LogP contribution in [0.1, 0.15) is 30.3 Å². The summed E-state index contributed by atoms with van der Waals surface area (Å²) in [4.78, 5) is 15.1. The van der Waals surface area contributed by atoms with Crippen molar-refractivity contribution >= 4 is 16.8 Å². The van der Waals surface area contributed by atoms with Gasteiger partial charge in [0, 0.05) is 16.9 Å². The van der Waals surface area contributed by atoms with Gasteiger partial charge in [0.15, 0.2) is 0 Å². The van der Waals surface area contributed by atoms with Crippen LogP contribution in [0, 0.1) is 11.3 Å². The molecule has 2 aromatic rings. The molecule has 1 unspecified atom stereocenters. The molecule has 0 saturated heterocycles. The Hall–Kier alpha value is -2.28. The number of para-hydroxylation sites is 1. The number of amides is 1. The van der Waals surface area contributed by atoms with Crippen LogP contribution in [-0.4, -0.2) is 16.9 Å². The third kappa shape index (κ3) is 2.51. The first-order valence-electron chi connectivity index (χ1n) is 6.00. The molecule has 1 amide bonds. The molecule has 0 saturated carbocycles. The lowest BCUT2D eigenvalue weighted by Gasteiger charge is -2.12. The van der Waals surface area contributed by atoms with Crippen molar-refractivity contribution in [2.45, 2.75) is 25.8 Å². The topological polar surface area (TPSA) is 68.7 Å². The normalized spacial score (nSPS) is 12.0. The van der Waals surface area contributed by atoms with Crippen molar-refractivity contribution in [2.24, 2.45) is 0 Å². The fraction of sp³-hybridized carbons (Fsp3) is 0.286. The van der Waals surface area contributed by atoms with Crippen LogP contribution in [0.25, 0.3) is 10.9 Å². The third-order valence-electron chi connectivity index (χ3n) is 2.94. The maximum atomic E-state index is 12.0. The molecular formula is C14H15N3O. The minimum Gasteiger partial charge on any atom is -0.351 e. The number of aromatic amines is 1. The maximum Gasteiger partial charge on any atom is 0.267 e. The number of nitriles is 1. The largest absolute Gasteiger partial charge is 0.351 e. The molecule has 2 rings (SSSR count). The molecule has 4 nitrogen and oxygen atoms in total. The van der Waals surface area contributed by atoms with Gasteiger partial charge in [-0.1, -0.05) is 25.1 Å². The van der Waals surface area contributed by atoms with Crippen LogP contribution in [-0.2, 0) is 0 Å². The minimum absolute atomic E-state index is 0.0890. The van der Waals surface area contributed by atoms with E-state index in [0.717, 1.165) is 17.3 Å². The van der Waals surface area contributed by atoms with E-state index in [1.165, 1.54) is 0 Å². The number of carbonyl (C=O) groups is 1. The van der Waals surface area contributed by atoms with Crippen molar-refractivity contribution in [2.75, 3.05) is 0 Å². The van der Waals surface area contributed by atoms with Crippen molar-refractivity contribution in [3.8, 4) is 6.07 Å². The van der Waals surface area contributed by atoms with E-state index in [1.807, 2.05) is 37.3 Å². The van der Waals surface area contributed by atoms with Gasteiger partial charge in [-0.25, -0.2) is 0 Å². The number of nitrogens with one attached hydrogen (secondary N) is 2. The quantitative estimate of drug-likeness (QED) is 0.863. The van der Waals surface area contributed by atoms with E-state index >= 15 is 0 Å². The van der Waals surface area contributed by atoms with E-state index in [9.17, 15) is 4.79 Å². The van der Waals surface area contributed by atoms with Crippen molar-refractivity contribution in [3.63, 3.8) is 0 Å². The molecule has 1 heterocycles. The monoisotopic (exact) mass is 241 g/mol. The molecule has 0 radical (unpaired) electrons. The summed E-state index contributed by atoms with van der Waals surface area (Å²) in [7, 11) is 0. The Morgan fingerprint density at radius 1 is 1.50 bits per heavy atom. The number of rotatable bonds is 4. The SMILES string of the molecule is CCC(CC#N)NC(=O)c1cc2ccccc2[nH]1. The van der Waals surface area contributed by atoms with E-state index in [1.54, 1.807) is 0 Å². The van der Waals surface area contributed by atoms with Gasteiger partial charge in [0.25, 0.3) is 5.91 Å². The van der Waals surface area contributed by atoms with E-state index < -0.39 is 0 Å². The highest BCUT2D eigenvalue weighted by Crippen LogP contribution is 2.14. The van der Waals surface area contributed by atoms with E-state index in [2.05, 4.69) is 16.4 Å². The summed E-state index contributed by atoms with van der Waals surface area (Å²) in [5, 5.41) is 12.5. The van der Waals surface area contributed by atoms with Crippen molar-refractivity contribution in [3.05, 3.63) is 36.0 Å². The molecule has 0 aliphatic heterocycles. The lowest BCUT2D eigenvalue weighted by atomic mass is 10.1. The van der Waals surface area contributed by atoms with Crippen LogP contribution in [0.3, 0.4) is 0 Å². The zero-order valence-corrected chi connectivity index (χ0v) is 10.2. The number of carbonyl (C=O) groups excluding carboxylic acids is 1. The number of hydrogen-bond acceptors (Lipinski definition) is 2. The number of nitrogens with zero attached hydrogens (tertiary/aromatic N) is 1. The summed E-state index contributed by atoms with van der Waals surface area (Å²) < 4.78 is 0. The lowest BCUT2D eigenvalue weighted by Crippen LogP contribution is -2.34. The first-order chi connectivity index (χ1) is 8.74. The van der Waals surface area contributed by atoms with Crippen LogP contribution >= 0.6 is 0 Å². The highest BCUT2D eigenvalue weighted by Gasteiger charge is 2.13. The summed E-state index contributed by atoms with van der Waals surface area (Å²) in [6.07, 6.45) is 1.09. The fourth-order valence-electron chi connectivity index (χ4n) is 1.87. The molecule has 0 aliphatic carbocycles. The van der Waals surface area contributed by atoms with Gasteiger partial charge >= 0.3 is 0 Å². The Morgan fingerprint density at radius 2 is 2.28 bits per heavy atom. The highest BCUT2D eigenvalue weighted by molar-refractivity contribution is 5.98. The second kappa shape index (κ2) is 5.37. The standard InChI is InChI=1S/C14H15N3O/c1-2-11(7-8-15)16-14(18)13-9-10-5-3-4-6-12(10)17-13/h3-6,9,11,17H,2,7H2,1H3,(H,16,18). The second-order valence-corrected chi connectivity index (χ2v) is 4.21. The van der Waals surface area contributed by atoms with Gasteiger partial charge in [0.1, 0.15) is 5.69 Å².